The van der Waals surface area contributed by atoms with Crippen LogP contribution in [0.3, 0.4) is 0 Å². The molecule has 5 nitrogen and oxygen atoms in total. The topological polar surface area (TPSA) is 66.0 Å². The van der Waals surface area contributed by atoms with Crippen molar-refractivity contribution in [2.75, 3.05) is 7.11 Å². The normalized spacial score (nSPS) is 10.9. The second kappa shape index (κ2) is 7.42. The lowest BCUT2D eigenvalue weighted by Gasteiger charge is -2.08. The van der Waals surface area contributed by atoms with E-state index in [4.69, 9.17) is 10.5 Å². The molecule has 1 aromatic heterocycles. The molecule has 2 rings (SSSR count). The fourth-order valence-electron chi connectivity index (χ4n) is 1.97. The molecule has 21 heavy (non-hydrogen) atoms. The Hall–Kier alpha value is -1.60. The fraction of sp³-hybridized carbons (Fsp3) is 0.429. The largest absolute Gasteiger partial charge is 0.494 e. The Morgan fingerprint density at radius 3 is 2.81 bits per heavy atom. The Morgan fingerprint density at radius 2 is 2.19 bits per heavy atom. The van der Waals surface area contributed by atoms with Crippen molar-refractivity contribution >= 4 is 11.8 Å². The van der Waals surface area contributed by atoms with Crippen molar-refractivity contribution in [2.24, 2.45) is 5.73 Å². The van der Waals surface area contributed by atoms with Crippen molar-refractivity contribution in [2.45, 2.75) is 37.3 Å². The lowest BCUT2D eigenvalue weighted by atomic mass is 10.2. The molecule has 2 N–H and O–H groups in total. The van der Waals surface area contributed by atoms with E-state index in [0.717, 1.165) is 29.5 Å². The molecule has 7 heteroatoms. The molecule has 1 aromatic carbocycles. The predicted octanol–water partition coefficient (Wildman–Crippen LogP) is 2.59. The lowest BCUT2D eigenvalue weighted by Crippen LogP contribution is -2.09. The van der Waals surface area contributed by atoms with Gasteiger partial charge in [-0.05, 0) is 24.1 Å². The van der Waals surface area contributed by atoms with Gasteiger partial charge >= 0.3 is 0 Å². The van der Waals surface area contributed by atoms with Gasteiger partial charge in [0.1, 0.15) is 5.82 Å². The number of ether oxygens (including phenoxy) is 1. The van der Waals surface area contributed by atoms with Gasteiger partial charge in [-0.25, -0.2) is 4.39 Å². The van der Waals surface area contributed by atoms with Crippen LogP contribution in [0, 0.1) is 5.82 Å². The maximum atomic E-state index is 13.7. The molecule has 0 saturated carbocycles. The first-order chi connectivity index (χ1) is 10.2. The number of nitrogens with two attached hydrogens (primary N) is 1. The number of nitrogens with zero attached hydrogens (tertiary/aromatic N) is 3. The molecule has 0 spiro atoms. The van der Waals surface area contributed by atoms with E-state index in [-0.39, 0.29) is 11.6 Å². The first kappa shape index (κ1) is 15.8. The highest BCUT2D eigenvalue weighted by Crippen LogP contribution is 2.25. The number of rotatable bonds is 7. The third kappa shape index (κ3) is 3.74. The fourth-order valence-corrected chi connectivity index (χ4v) is 2.90. The molecular weight excluding hydrogens is 291 g/mol. The highest BCUT2D eigenvalue weighted by atomic mass is 32.2. The van der Waals surface area contributed by atoms with Crippen LogP contribution in [0.2, 0.25) is 0 Å². The SMILES string of the molecule is CCCn1c(CN)nnc1SCc1ccc(OC)c(F)c1. The molecule has 0 amide bonds. The van der Waals surface area contributed by atoms with Gasteiger partial charge in [0.05, 0.1) is 13.7 Å². The minimum atomic E-state index is -0.353. The molecule has 0 unspecified atom stereocenters. The maximum Gasteiger partial charge on any atom is 0.191 e. The highest BCUT2D eigenvalue weighted by molar-refractivity contribution is 7.98. The van der Waals surface area contributed by atoms with Crippen molar-refractivity contribution in [3.8, 4) is 5.75 Å². The quantitative estimate of drug-likeness (QED) is 0.796. The third-order valence-corrected chi connectivity index (χ3v) is 4.05. The van der Waals surface area contributed by atoms with Crippen LogP contribution in [0.25, 0.3) is 0 Å². The number of aromatic nitrogens is 3. The highest BCUT2D eigenvalue weighted by Gasteiger charge is 2.11. The summed E-state index contributed by atoms with van der Waals surface area (Å²) in [6.07, 6.45) is 0.982. The van der Waals surface area contributed by atoms with Gasteiger partial charge < -0.3 is 15.0 Å². The van der Waals surface area contributed by atoms with Crippen LogP contribution in [0.4, 0.5) is 4.39 Å². The Balaban J connectivity index is 2.09. The minimum absolute atomic E-state index is 0.253. The van der Waals surface area contributed by atoms with Crippen molar-refractivity contribution < 1.29 is 9.13 Å². The van der Waals surface area contributed by atoms with Crippen LogP contribution in [-0.4, -0.2) is 21.9 Å². The van der Waals surface area contributed by atoms with E-state index in [2.05, 4.69) is 17.1 Å². The smallest absolute Gasteiger partial charge is 0.191 e. The number of hydrogen-bond acceptors (Lipinski definition) is 5. The molecule has 0 aliphatic heterocycles. The van der Waals surface area contributed by atoms with E-state index in [1.54, 1.807) is 6.07 Å². The maximum absolute atomic E-state index is 13.7. The Kier molecular flexibility index (Phi) is 5.58. The summed E-state index contributed by atoms with van der Waals surface area (Å²) in [5, 5.41) is 9.05. The van der Waals surface area contributed by atoms with Gasteiger partial charge in [0.15, 0.2) is 16.7 Å². The molecule has 0 saturated heterocycles. The van der Waals surface area contributed by atoms with Gasteiger partial charge in [0.25, 0.3) is 0 Å². The summed E-state index contributed by atoms with van der Waals surface area (Å²) in [7, 11) is 1.45. The van der Waals surface area contributed by atoms with Crippen LogP contribution < -0.4 is 10.5 Å². The number of benzene rings is 1. The lowest BCUT2D eigenvalue weighted by molar-refractivity contribution is 0.386. The molecule has 0 atom stereocenters. The van der Waals surface area contributed by atoms with Crippen LogP contribution in [-0.2, 0) is 18.8 Å². The Bertz CT molecular complexity index is 603. The summed E-state index contributed by atoms with van der Waals surface area (Å²) in [5.74, 6) is 1.30. The second-order valence-corrected chi connectivity index (χ2v) is 5.45. The van der Waals surface area contributed by atoms with E-state index in [0.29, 0.717) is 12.3 Å². The molecular formula is C14H19FN4OS. The third-order valence-electron chi connectivity index (χ3n) is 3.01. The molecule has 1 heterocycles. The van der Waals surface area contributed by atoms with Gasteiger partial charge in [-0.2, -0.15) is 0 Å². The van der Waals surface area contributed by atoms with Crippen LogP contribution >= 0.6 is 11.8 Å². The van der Waals surface area contributed by atoms with Gasteiger partial charge in [-0.15, -0.1) is 10.2 Å². The zero-order valence-electron chi connectivity index (χ0n) is 12.2. The number of methoxy groups -OCH3 is 1. The van der Waals surface area contributed by atoms with Crippen molar-refractivity contribution in [3.63, 3.8) is 0 Å². The number of thioether (sulfide) groups is 1. The first-order valence-electron chi connectivity index (χ1n) is 6.77. The van der Waals surface area contributed by atoms with Crippen molar-refractivity contribution in [1.29, 1.82) is 0 Å². The van der Waals surface area contributed by atoms with Gasteiger partial charge in [-0.1, -0.05) is 24.8 Å². The second-order valence-electron chi connectivity index (χ2n) is 4.51. The average Bonchev–Trinajstić information content (AvgIpc) is 2.88. The van der Waals surface area contributed by atoms with E-state index in [9.17, 15) is 4.39 Å². The molecule has 0 radical (unpaired) electrons. The monoisotopic (exact) mass is 310 g/mol. The molecule has 2 aromatic rings. The van der Waals surface area contributed by atoms with Crippen LogP contribution in [0.15, 0.2) is 23.4 Å². The molecule has 114 valence electrons. The summed E-state index contributed by atoms with van der Waals surface area (Å²) in [5.41, 5.74) is 6.53. The number of hydrogen-bond donors (Lipinski definition) is 1. The summed E-state index contributed by atoms with van der Waals surface area (Å²) in [6, 6.07) is 4.96. The first-order valence-corrected chi connectivity index (χ1v) is 7.75. The van der Waals surface area contributed by atoms with E-state index in [1.165, 1.54) is 24.9 Å². The summed E-state index contributed by atoms with van der Waals surface area (Å²) >= 11 is 1.52. The zero-order chi connectivity index (χ0) is 15.2. The van der Waals surface area contributed by atoms with Gasteiger partial charge in [-0.3, -0.25) is 0 Å². The van der Waals surface area contributed by atoms with Gasteiger partial charge in [0, 0.05) is 12.3 Å². The molecule has 0 aliphatic rings. The zero-order valence-corrected chi connectivity index (χ0v) is 13.0. The predicted molar refractivity (Wildman–Crippen MR) is 80.7 cm³/mol. The van der Waals surface area contributed by atoms with Crippen LogP contribution in [0.1, 0.15) is 24.7 Å². The molecule has 0 bridgehead atoms. The Labute approximate surface area is 127 Å². The molecule has 0 fully saturated rings. The van der Waals surface area contributed by atoms with E-state index >= 15 is 0 Å². The summed E-state index contributed by atoms with van der Waals surface area (Å²) < 4.78 is 20.6. The summed E-state index contributed by atoms with van der Waals surface area (Å²) in [6.45, 7) is 3.29. The van der Waals surface area contributed by atoms with Crippen molar-refractivity contribution in [3.05, 3.63) is 35.4 Å². The summed E-state index contributed by atoms with van der Waals surface area (Å²) in [4.78, 5) is 0. The number of halogens is 1. The molecule has 0 aliphatic carbocycles. The van der Waals surface area contributed by atoms with Crippen molar-refractivity contribution in [1.82, 2.24) is 14.8 Å². The van der Waals surface area contributed by atoms with E-state index in [1.807, 2.05) is 10.6 Å². The van der Waals surface area contributed by atoms with E-state index < -0.39 is 0 Å². The standard InChI is InChI=1S/C14H19FN4OS/c1-3-6-19-13(8-16)17-18-14(19)21-9-10-4-5-12(20-2)11(15)7-10/h4-5,7H,3,6,8-9,16H2,1-2H3. The Morgan fingerprint density at radius 1 is 1.38 bits per heavy atom. The van der Waals surface area contributed by atoms with Gasteiger partial charge in [0.2, 0.25) is 0 Å². The minimum Gasteiger partial charge on any atom is -0.494 e. The average molecular weight is 310 g/mol. The van der Waals surface area contributed by atoms with Crippen LogP contribution in [0.5, 0.6) is 5.75 Å².